The molecular weight excluding hydrogens is 244 g/mol. The maximum absolute atomic E-state index is 12.5. The molecule has 0 saturated carbocycles. The molecule has 0 aromatic carbocycles. The van der Waals surface area contributed by atoms with Gasteiger partial charge in [-0.25, -0.2) is 0 Å². The van der Waals surface area contributed by atoms with Crippen LogP contribution in [-0.4, -0.2) is 52.9 Å². The number of nitrogens with two attached hydrogens (primary N) is 1. The van der Waals surface area contributed by atoms with E-state index in [0.717, 1.165) is 0 Å². The van der Waals surface area contributed by atoms with Crippen LogP contribution in [0.25, 0.3) is 0 Å². The summed E-state index contributed by atoms with van der Waals surface area (Å²) in [4.78, 5) is 27.4. The lowest BCUT2D eigenvalue weighted by atomic mass is 10.2. The van der Waals surface area contributed by atoms with Gasteiger partial charge in [0.05, 0.1) is 5.69 Å². The van der Waals surface area contributed by atoms with E-state index >= 15 is 0 Å². The second-order valence-corrected chi connectivity index (χ2v) is 5.20. The summed E-state index contributed by atoms with van der Waals surface area (Å²) in [5, 5.41) is 0. The number of hydrogen-bond donors (Lipinski definition) is 1. The third-order valence-electron chi connectivity index (χ3n) is 3.39. The third kappa shape index (κ3) is 2.57. The standard InChI is InChI=1S/C13H20N4O2/c1-9(2)17-7-10(14)6-11(17)13(19)16-5-4-15(3)12(18)8-16/h6-7,9H,4-5,8,14H2,1-3H3. The summed E-state index contributed by atoms with van der Waals surface area (Å²) in [6.07, 6.45) is 1.76. The van der Waals surface area contributed by atoms with Gasteiger partial charge in [-0.1, -0.05) is 0 Å². The summed E-state index contributed by atoms with van der Waals surface area (Å²) in [5.74, 6) is -0.165. The molecule has 0 aliphatic carbocycles. The molecule has 6 heteroatoms. The quantitative estimate of drug-likeness (QED) is 0.848. The Morgan fingerprint density at radius 1 is 1.37 bits per heavy atom. The summed E-state index contributed by atoms with van der Waals surface area (Å²) in [6, 6.07) is 1.82. The third-order valence-corrected chi connectivity index (χ3v) is 3.39. The number of nitrogen functional groups attached to an aromatic ring is 1. The van der Waals surface area contributed by atoms with Crippen molar-refractivity contribution in [3.05, 3.63) is 18.0 Å². The highest BCUT2D eigenvalue weighted by molar-refractivity contribution is 5.96. The predicted octanol–water partition coefficient (Wildman–Crippen LogP) is 0.565. The average molecular weight is 264 g/mol. The predicted molar refractivity (Wildman–Crippen MR) is 72.8 cm³/mol. The zero-order valence-electron chi connectivity index (χ0n) is 11.6. The number of hydrogen-bond acceptors (Lipinski definition) is 3. The first-order valence-electron chi connectivity index (χ1n) is 6.40. The molecule has 0 bridgehead atoms. The van der Waals surface area contributed by atoms with Gasteiger partial charge in [0.2, 0.25) is 5.91 Å². The maximum Gasteiger partial charge on any atom is 0.271 e. The van der Waals surface area contributed by atoms with Gasteiger partial charge in [0.1, 0.15) is 12.2 Å². The Morgan fingerprint density at radius 2 is 2.05 bits per heavy atom. The molecule has 0 radical (unpaired) electrons. The second-order valence-electron chi connectivity index (χ2n) is 5.20. The number of carbonyl (C=O) groups excluding carboxylic acids is 2. The van der Waals surface area contributed by atoms with Crippen LogP contribution < -0.4 is 5.73 Å². The zero-order chi connectivity index (χ0) is 14.2. The fraction of sp³-hybridized carbons (Fsp3) is 0.538. The van der Waals surface area contributed by atoms with Gasteiger partial charge in [-0.2, -0.15) is 0 Å². The van der Waals surface area contributed by atoms with E-state index in [0.29, 0.717) is 24.5 Å². The molecule has 1 fully saturated rings. The summed E-state index contributed by atoms with van der Waals surface area (Å²) < 4.78 is 1.85. The molecule has 0 spiro atoms. The Morgan fingerprint density at radius 3 is 2.63 bits per heavy atom. The highest BCUT2D eigenvalue weighted by Crippen LogP contribution is 2.19. The molecular formula is C13H20N4O2. The summed E-state index contributed by atoms with van der Waals surface area (Å²) in [6.45, 7) is 5.25. The molecule has 0 atom stereocenters. The van der Waals surface area contributed by atoms with Crippen molar-refractivity contribution >= 4 is 17.5 Å². The van der Waals surface area contributed by atoms with E-state index in [1.165, 1.54) is 0 Å². The minimum absolute atomic E-state index is 0.0322. The van der Waals surface area contributed by atoms with Crippen molar-refractivity contribution in [1.29, 1.82) is 0 Å². The highest BCUT2D eigenvalue weighted by atomic mass is 16.2. The van der Waals surface area contributed by atoms with Gasteiger partial charge in [-0.15, -0.1) is 0 Å². The summed E-state index contributed by atoms with van der Waals surface area (Å²) >= 11 is 0. The smallest absolute Gasteiger partial charge is 0.271 e. The Bertz CT molecular complexity index is 507. The van der Waals surface area contributed by atoms with Gasteiger partial charge in [-0.3, -0.25) is 9.59 Å². The van der Waals surface area contributed by atoms with Crippen LogP contribution >= 0.6 is 0 Å². The number of carbonyl (C=O) groups is 2. The lowest BCUT2D eigenvalue weighted by Gasteiger charge is -2.32. The number of rotatable bonds is 2. The fourth-order valence-corrected chi connectivity index (χ4v) is 2.19. The van der Waals surface area contributed by atoms with Gasteiger partial charge < -0.3 is 20.1 Å². The first-order valence-corrected chi connectivity index (χ1v) is 6.40. The lowest BCUT2D eigenvalue weighted by molar-refractivity contribution is -0.133. The first-order chi connectivity index (χ1) is 8.90. The van der Waals surface area contributed by atoms with E-state index in [9.17, 15) is 9.59 Å². The molecule has 2 amide bonds. The number of nitrogens with zero attached hydrogens (tertiary/aromatic N) is 3. The van der Waals surface area contributed by atoms with E-state index < -0.39 is 0 Å². The molecule has 104 valence electrons. The van der Waals surface area contributed by atoms with Crippen molar-refractivity contribution < 1.29 is 9.59 Å². The van der Waals surface area contributed by atoms with E-state index in [-0.39, 0.29) is 24.4 Å². The molecule has 1 aliphatic heterocycles. The minimum atomic E-state index is -0.133. The van der Waals surface area contributed by atoms with Crippen LogP contribution in [0, 0.1) is 0 Å². The van der Waals surface area contributed by atoms with E-state index in [2.05, 4.69) is 0 Å². The Kier molecular flexibility index (Phi) is 3.50. The number of amides is 2. The number of piperazine rings is 1. The van der Waals surface area contributed by atoms with Crippen LogP contribution in [0.5, 0.6) is 0 Å². The Hall–Kier alpha value is -1.98. The second kappa shape index (κ2) is 4.95. The molecule has 2 heterocycles. The van der Waals surface area contributed by atoms with Crippen LogP contribution in [0.3, 0.4) is 0 Å². The largest absolute Gasteiger partial charge is 0.397 e. The molecule has 1 aliphatic rings. The van der Waals surface area contributed by atoms with Crippen molar-refractivity contribution in [1.82, 2.24) is 14.4 Å². The molecule has 19 heavy (non-hydrogen) atoms. The molecule has 0 unspecified atom stereocenters. The molecule has 1 saturated heterocycles. The number of aromatic nitrogens is 1. The van der Waals surface area contributed by atoms with Crippen LogP contribution in [0.2, 0.25) is 0 Å². The summed E-state index contributed by atoms with van der Waals surface area (Å²) in [7, 11) is 1.75. The van der Waals surface area contributed by atoms with Gasteiger partial charge in [0, 0.05) is 32.4 Å². The van der Waals surface area contributed by atoms with Crippen molar-refractivity contribution in [3.8, 4) is 0 Å². The molecule has 2 N–H and O–H groups in total. The Labute approximate surface area is 112 Å². The monoisotopic (exact) mass is 264 g/mol. The van der Waals surface area contributed by atoms with Gasteiger partial charge in [-0.05, 0) is 19.9 Å². The molecule has 2 rings (SSSR count). The van der Waals surface area contributed by atoms with Gasteiger partial charge in [0.15, 0.2) is 0 Å². The van der Waals surface area contributed by atoms with E-state index in [1.807, 2.05) is 18.4 Å². The average Bonchev–Trinajstić information content (AvgIpc) is 2.74. The van der Waals surface area contributed by atoms with Crippen LogP contribution in [0.4, 0.5) is 5.69 Å². The first kappa shape index (κ1) is 13.5. The van der Waals surface area contributed by atoms with Crippen LogP contribution in [-0.2, 0) is 4.79 Å². The lowest BCUT2D eigenvalue weighted by Crippen LogP contribution is -2.51. The highest BCUT2D eigenvalue weighted by Gasteiger charge is 2.27. The van der Waals surface area contributed by atoms with Gasteiger partial charge in [0.25, 0.3) is 5.91 Å². The van der Waals surface area contributed by atoms with E-state index in [1.54, 1.807) is 29.1 Å². The van der Waals surface area contributed by atoms with Crippen LogP contribution in [0.15, 0.2) is 12.3 Å². The fourth-order valence-electron chi connectivity index (χ4n) is 2.19. The maximum atomic E-state index is 12.5. The number of anilines is 1. The molecule has 6 nitrogen and oxygen atoms in total. The van der Waals surface area contributed by atoms with Crippen molar-refractivity contribution in [2.45, 2.75) is 19.9 Å². The molecule has 1 aromatic heterocycles. The zero-order valence-corrected chi connectivity index (χ0v) is 11.6. The van der Waals surface area contributed by atoms with Crippen molar-refractivity contribution in [3.63, 3.8) is 0 Å². The Balaban J connectivity index is 2.22. The normalized spacial score (nSPS) is 16.3. The van der Waals surface area contributed by atoms with Gasteiger partial charge >= 0.3 is 0 Å². The van der Waals surface area contributed by atoms with Crippen LogP contribution in [0.1, 0.15) is 30.4 Å². The topological polar surface area (TPSA) is 71.6 Å². The minimum Gasteiger partial charge on any atom is -0.397 e. The number of likely N-dealkylation sites (N-methyl/N-ethyl adjacent to an activating group) is 1. The van der Waals surface area contributed by atoms with Crippen molar-refractivity contribution in [2.24, 2.45) is 0 Å². The SMILES string of the molecule is CC(C)n1cc(N)cc1C(=O)N1CCN(C)C(=O)C1. The summed E-state index contributed by atoms with van der Waals surface area (Å²) in [5.41, 5.74) is 6.88. The van der Waals surface area contributed by atoms with Crippen molar-refractivity contribution in [2.75, 3.05) is 32.4 Å². The molecule has 1 aromatic rings. The van der Waals surface area contributed by atoms with E-state index in [4.69, 9.17) is 5.73 Å².